The first kappa shape index (κ1) is 23.5. The molecule has 8 nitrogen and oxygen atoms in total. The van der Waals surface area contributed by atoms with Crippen molar-refractivity contribution in [3.63, 3.8) is 0 Å². The minimum Gasteiger partial charge on any atom is -0.351 e. The Balaban J connectivity index is 1.30. The molecule has 0 aliphatic heterocycles. The van der Waals surface area contributed by atoms with Crippen LogP contribution in [0.2, 0.25) is 0 Å². The predicted molar refractivity (Wildman–Crippen MR) is 140 cm³/mol. The predicted octanol–water partition coefficient (Wildman–Crippen LogP) is 4.54. The number of benzene rings is 2. The Morgan fingerprint density at radius 1 is 0.917 bits per heavy atom. The van der Waals surface area contributed by atoms with Crippen LogP contribution < -0.4 is 5.32 Å². The Morgan fingerprint density at radius 2 is 1.64 bits per heavy atom. The number of nitrogens with zero attached hydrogens (tertiary/aromatic N) is 6. The first-order chi connectivity index (χ1) is 17.6. The molecular formula is C27H25N7OS. The topological polar surface area (TPSA) is 90.5 Å². The summed E-state index contributed by atoms with van der Waals surface area (Å²) in [4.78, 5) is 17.0. The van der Waals surface area contributed by atoms with Gasteiger partial charge in [-0.25, -0.2) is 4.68 Å². The van der Waals surface area contributed by atoms with Crippen LogP contribution in [0.5, 0.6) is 0 Å². The molecule has 0 aliphatic rings. The molecular weight excluding hydrogens is 470 g/mol. The van der Waals surface area contributed by atoms with E-state index < -0.39 is 0 Å². The second-order valence-electron chi connectivity index (χ2n) is 8.18. The summed E-state index contributed by atoms with van der Waals surface area (Å²) in [6, 6.07) is 23.6. The zero-order chi connectivity index (χ0) is 24.9. The highest BCUT2D eigenvalue weighted by atomic mass is 32.2. The molecule has 1 amide bonds. The molecule has 0 bridgehead atoms. The number of thioether (sulfide) groups is 1. The van der Waals surface area contributed by atoms with Gasteiger partial charge in [-0.2, -0.15) is 5.10 Å². The average Bonchev–Trinajstić information content (AvgIpc) is 3.48. The molecule has 0 spiro atoms. The second-order valence-corrected chi connectivity index (χ2v) is 9.12. The Bertz CT molecular complexity index is 1460. The van der Waals surface area contributed by atoms with Crippen LogP contribution in [0, 0.1) is 13.8 Å². The fraction of sp³-hybridized carbons (Fsp3) is 0.148. The molecule has 0 saturated carbocycles. The van der Waals surface area contributed by atoms with E-state index in [0.29, 0.717) is 17.5 Å². The van der Waals surface area contributed by atoms with Gasteiger partial charge in [0.2, 0.25) is 5.91 Å². The lowest BCUT2D eigenvalue weighted by Crippen LogP contribution is -2.25. The number of hydrogen-bond donors (Lipinski definition) is 1. The lowest BCUT2D eigenvalue weighted by Gasteiger charge is -2.10. The van der Waals surface area contributed by atoms with Crippen molar-refractivity contribution in [2.75, 3.05) is 5.75 Å². The van der Waals surface area contributed by atoms with Crippen molar-refractivity contribution in [2.24, 2.45) is 0 Å². The summed E-state index contributed by atoms with van der Waals surface area (Å²) in [6.45, 7) is 4.40. The number of pyridine rings is 1. The molecule has 0 fully saturated rings. The number of para-hydroxylation sites is 2. The van der Waals surface area contributed by atoms with Crippen molar-refractivity contribution in [2.45, 2.75) is 25.5 Å². The van der Waals surface area contributed by atoms with E-state index in [1.807, 2.05) is 95.9 Å². The SMILES string of the molecule is Cc1nn(-c2ccccc2)c(C)c1CNC(=O)CSc1nnc(-c2cccnc2)n1-c1ccccc1. The standard InChI is InChI=1S/C27H25N7OS/c1-19-24(20(2)34(32-19)23-13-7-4-8-14-23)17-29-25(35)18-36-27-31-30-26(21-10-9-15-28-16-21)33(27)22-11-5-3-6-12-22/h3-16H,17-18H2,1-2H3,(H,29,35). The molecule has 0 unspecified atom stereocenters. The number of carbonyl (C=O) groups is 1. The van der Waals surface area contributed by atoms with E-state index in [2.05, 4.69) is 25.6 Å². The van der Waals surface area contributed by atoms with E-state index >= 15 is 0 Å². The van der Waals surface area contributed by atoms with E-state index in [1.54, 1.807) is 12.4 Å². The first-order valence-corrected chi connectivity index (χ1v) is 12.5. The number of amides is 1. The van der Waals surface area contributed by atoms with Gasteiger partial charge in [-0.1, -0.05) is 48.2 Å². The average molecular weight is 496 g/mol. The summed E-state index contributed by atoms with van der Waals surface area (Å²) in [6.07, 6.45) is 3.48. The second kappa shape index (κ2) is 10.6. The quantitative estimate of drug-likeness (QED) is 0.318. The molecule has 3 heterocycles. The van der Waals surface area contributed by atoms with Gasteiger partial charge < -0.3 is 5.32 Å². The molecule has 0 radical (unpaired) electrons. The Morgan fingerprint density at radius 3 is 2.33 bits per heavy atom. The van der Waals surface area contributed by atoms with Gasteiger partial charge in [-0.3, -0.25) is 14.3 Å². The fourth-order valence-corrected chi connectivity index (χ4v) is 4.76. The zero-order valence-electron chi connectivity index (χ0n) is 20.0. The minimum atomic E-state index is -0.0863. The lowest BCUT2D eigenvalue weighted by atomic mass is 10.2. The number of nitrogens with one attached hydrogen (secondary N) is 1. The molecule has 1 N–H and O–H groups in total. The third-order valence-corrected chi connectivity index (χ3v) is 6.73. The van der Waals surface area contributed by atoms with E-state index in [0.717, 1.165) is 33.9 Å². The third kappa shape index (κ3) is 4.92. The number of aryl methyl sites for hydroxylation is 1. The molecule has 5 rings (SSSR count). The largest absolute Gasteiger partial charge is 0.351 e. The van der Waals surface area contributed by atoms with Crippen molar-refractivity contribution in [1.82, 2.24) is 34.8 Å². The van der Waals surface area contributed by atoms with Gasteiger partial charge in [0.25, 0.3) is 0 Å². The number of hydrogen-bond acceptors (Lipinski definition) is 6. The van der Waals surface area contributed by atoms with E-state index in [4.69, 9.17) is 0 Å². The van der Waals surface area contributed by atoms with E-state index in [9.17, 15) is 4.79 Å². The van der Waals surface area contributed by atoms with Crippen LogP contribution in [0.25, 0.3) is 22.8 Å². The fourth-order valence-electron chi connectivity index (χ4n) is 3.97. The molecule has 0 atom stereocenters. The number of carbonyl (C=O) groups excluding carboxylic acids is 1. The molecule has 5 aromatic rings. The van der Waals surface area contributed by atoms with Gasteiger partial charge in [0.05, 0.1) is 17.1 Å². The molecule has 36 heavy (non-hydrogen) atoms. The van der Waals surface area contributed by atoms with Gasteiger partial charge in [0.1, 0.15) is 0 Å². The van der Waals surface area contributed by atoms with Crippen LogP contribution in [-0.2, 0) is 11.3 Å². The highest BCUT2D eigenvalue weighted by Gasteiger charge is 2.18. The molecule has 0 saturated heterocycles. The van der Waals surface area contributed by atoms with Crippen LogP contribution in [0.4, 0.5) is 0 Å². The van der Waals surface area contributed by atoms with Gasteiger partial charge >= 0.3 is 0 Å². The molecule has 0 aliphatic carbocycles. The normalized spacial score (nSPS) is 10.9. The van der Waals surface area contributed by atoms with Gasteiger partial charge in [-0.05, 0) is 50.2 Å². The van der Waals surface area contributed by atoms with Crippen LogP contribution in [0.15, 0.2) is 90.3 Å². The van der Waals surface area contributed by atoms with Gasteiger partial charge in [-0.15, -0.1) is 10.2 Å². The molecule has 9 heteroatoms. The summed E-state index contributed by atoms with van der Waals surface area (Å²) in [5, 5.41) is 17.1. The van der Waals surface area contributed by atoms with Crippen LogP contribution in [-0.4, -0.2) is 41.2 Å². The summed E-state index contributed by atoms with van der Waals surface area (Å²) in [5.41, 5.74) is 5.70. The van der Waals surface area contributed by atoms with Crippen molar-refractivity contribution >= 4 is 17.7 Å². The van der Waals surface area contributed by atoms with Crippen molar-refractivity contribution in [3.8, 4) is 22.8 Å². The lowest BCUT2D eigenvalue weighted by molar-refractivity contribution is -0.118. The van der Waals surface area contributed by atoms with Crippen molar-refractivity contribution < 1.29 is 4.79 Å². The summed E-state index contributed by atoms with van der Waals surface area (Å²) in [5.74, 6) is 0.803. The van der Waals surface area contributed by atoms with Gasteiger partial charge in [0, 0.05) is 41.4 Å². The zero-order valence-corrected chi connectivity index (χ0v) is 20.8. The van der Waals surface area contributed by atoms with Crippen molar-refractivity contribution in [1.29, 1.82) is 0 Å². The maximum atomic E-state index is 12.8. The summed E-state index contributed by atoms with van der Waals surface area (Å²) >= 11 is 1.35. The molecule has 3 aromatic heterocycles. The summed E-state index contributed by atoms with van der Waals surface area (Å²) in [7, 11) is 0. The Kier molecular flexibility index (Phi) is 6.90. The highest BCUT2D eigenvalue weighted by Crippen LogP contribution is 2.27. The Labute approximate surface area is 213 Å². The monoisotopic (exact) mass is 495 g/mol. The van der Waals surface area contributed by atoms with E-state index in [1.165, 1.54) is 11.8 Å². The maximum Gasteiger partial charge on any atom is 0.230 e. The van der Waals surface area contributed by atoms with Crippen LogP contribution in [0.3, 0.4) is 0 Å². The highest BCUT2D eigenvalue weighted by molar-refractivity contribution is 7.99. The summed E-state index contributed by atoms with van der Waals surface area (Å²) < 4.78 is 3.86. The molecule has 180 valence electrons. The van der Waals surface area contributed by atoms with Gasteiger partial charge in [0.15, 0.2) is 11.0 Å². The maximum absolute atomic E-state index is 12.8. The minimum absolute atomic E-state index is 0.0863. The third-order valence-electron chi connectivity index (χ3n) is 5.80. The number of rotatable bonds is 8. The van der Waals surface area contributed by atoms with E-state index in [-0.39, 0.29) is 11.7 Å². The smallest absolute Gasteiger partial charge is 0.230 e. The Hall–Kier alpha value is -4.24. The first-order valence-electron chi connectivity index (χ1n) is 11.5. The van der Waals surface area contributed by atoms with Crippen LogP contribution in [0.1, 0.15) is 17.0 Å². The number of aromatic nitrogens is 6. The molecule has 2 aromatic carbocycles. The van der Waals surface area contributed by atoms with Crippen molar-refractivity contribution in [3.05, 3.63) is 102 Å². The van der Waals surface area contributed by atoms with Crippen LogP contribution >= 0.6 is 11.8 Å².